The highest BCUT2D eigenvalue weighted by Gasteiger charge is 2.45. The summed E-state index contributed by atoms with van der Waals surface area (Å²) in [5, 5.41) is 38.5. The monoisotopic (exact) mass is 444 g/mol. The van der Waals surface area contributed by atoms with Crippen LogP contribution in [0.4, 0.5) is 0 Å². The first-order chi connectivity index (χ1) is 15.0. The third kappa shape index (κ3) is 12.0. The Morgan fingerprint density at radius 2 is 1.35 bits per heavy atom. The molecule has 4 N–H and O–H groups in total. The zero-order chi connectivity index (χ0) is 22.9. The lowest BCUT2D eigenvalue weighted by Gasteiger charge is -2.39. The molecule has 1 rings (SSSR count). The van der Waals surface area contributed by atoms with Crippen LogP contribution in [0.1, 0.15) is 96.8 Å². The molecule has 0 amide bonds. The molecule has 31 heavy (non-hydrogen) atoms. The zero-order valence-electron chi connectivity index (χ0n) is 19.2. The Balaban J connectivity index is 1.99. The van der Waals surface area contributed by atoms with Gasteiger partial charge < -0.3 is 29.9 Å². The van der Waals surface area contributed by atoms with Gasteiger partial charge in [-0.25, -0.2) is 0 Å². The van der Waals surface area contributed by atoms with Crippen LogP contribution < -0.4 is 0 Å². The summed E-state index contributed by atoms with van der Waals surface area (Å²) < 4.78 is 10.2. The summed E-state index contributed by atoms with van der Waals surface area (Å²) in [5.41, 5.74) is 0. The molecule has 0 aromatic rings. The van der Waals surface area contributed by atoms with E-state index in [0.29, 0.717) is 6.42 Å². The largest absolute Gasteiger partial charge is 0.433 e. The Hall–Kier alpha value is -0.990. The fourth-order valence-electron chi connectivity index (χ4n) is 3.69. The Morgan fingerprint density at radius 3 is 1.94 bits per heavy atom. The van der Waals surface area contributed by atoms with Gasteiger partial charge in [-0.15, -0.1) is 0 Å². The molecule has 0 aromatic carbocycles. The van der Waals surface area contributed by atoms with Crippen LogP contribution in [0.3, 0.4) is 0 Å². The third-order valence-electron chi connectivity index (χ3n) is 5.74. The summed E-state index contributed by atoms with van der Waals surface area (Å²) in [7, 11) is 0. The fraction of sp³-hybridized carbons (Fsp3) is 0.875. The molecule has 0 radical (unpaired) electrons. The molecule has 0 aliphatic carbocycles. The van der Waals surface area contributed by atoms with Crippen molar-refractivity contribution in [3.63, 3.8) is 0 Å². The summed E-state index contributed by atoms with van der Waals surface area (Å²) in [5.74, 6) is -0.526. The van der Waals surface area contributed by atoms with Crippen molar-refractivity contribution in [2.24, 2.45) is 0 Å². The average molecular weight is 445 g/mol. The minimum absolute atomic E-state index is 0.202. The van der Waals surface area contributed by atoms with E-state index in [2.05, 4.69) is 19.1 Å². The highest BCUT2D eigenvalue weighted by atomic mass is 16.7. The number of aliphatic hydroxyl groups is 4. The summed E-state index contributed by atoms with van der Waals surface area (Å²) in [6.07, 6.45) is 13.0. The topological polar surface area (TPSA) is 116 Å². The van der Waals surface area contributed by atoms with Gasteiger partial charge in [0.25, 0.3) is 0 Å². The molecule has 7 nitrogen and oxygen atoms in total. The number of unbranched alkanes of at least 4 members (excludes halogenated alkanes) is 11. The van der Waals surface area contributed by atoms with Crippen molar-refractivity contribution >= 4 is 5.97 Å². The van der Waals surface area contributed by atoms with Crippen molar-refractivity contribution in [3.05, 3.63) is 12.2 Å². The van der Waals surface area contributed by atoms with Gasteiger partial charge in [0.15, 0.2) is 0 Å². The normalized spacial score (nSPS) is 26.4. The maximum absolute atomic E-state index is 11.9. The third-order valence-corrected chi connectivity index (χ3v) is 5.74. The van der Waals surface area contributed by atoms with Crippen LogP contribution >= 0.6 is 0 Å². The van der Waals surface area contributed by atoms with Crippen LogP contribution in [0.5, 0.6) is 0 Å². The predicted molar refractivity (Wildman–Crippen MR) is 119 cm³/mol. The number of allylic oxidation sites excluding steroid dienone is 2. The molecule has 1 heterocycles. The Kier molecular flexibility index (Phi) is 15.9. The zero-order valence-corrected chi connectivity index (χ0v) is 19.2. The minimum atomic E-state index is -1.55. The van der Waals surface area contributed by atoms with Crippen molar-refractivity contribution in [3.8, 4) is 0 Å². The van der Waals surface area contributed by atoms with Crippen LogP contribution in [0.2, 0.25) is 0 Å². The lowest BCUT2D eigenvalue weighted by Crippen LogP contribution is -2.59. The molecule has 1 aliphatic rings. The van der Waals surface area contributed by atoms with Gasteiger partial charge in [0.2, 0.25) is 6.29 Å². The molecule has 5 atom stereocenters. The first kappa shape index (κ1) is 28.0. The van der Waals surface area contributed by atoms with Gasteiger partial charge in [0, 0.05) is 6.42 Å². The molecule has 0 saturated carbocycles. The van der Waals surface area contributed by atoms with Gasteiger partial charge in [0.05, 0.1) is 6.61 Å². The molecular weight excluding hydrogens is 400 g/mol. The lowest BCUT2D eigenvalue weighted by atomic mass is 9.99. The molecule has 0 spiro atoms. The molecule has 1 saturated heterocycles. The average Bonchev–Trinajstić information content (AvgIpc) is 2.76. The van der Waals surface area contributed by atoms with Gasteiger partial charge in [-0.2, -0.15) is 0 Å². The standard InChI is InChI=1S/C24H44O7/c1-2-3-4-5-6-7-8-9-10-11-12-13-14-15-16-17-20(26)31-24-23(29)22(28)21(27)19(18-25)30-24/h9-10,19,21-25,27-29H,2-8,11-18H2,1H3/b10-9-/t19-,21-,22+,23+,24+/m1/s1. The second kappa shape index (κ2) is 17.6. The van der Waals surface area contributed by atoms with Crippen LogP contribution in [0, 0.1) is 0 Å². The summed E-state index contributed by atoms with van der Waals surface area (Å²) in [6.45, 7) is 1.69. The summed E-state index contributed by atoms with van der Waals surface area (Å²) >= 11 is 0. The Morgan fingerprint density at radius 1 is 0.806 bits per heavy atom. The Bertz CT molecular complexity index is 481. The highest BCUT2D eigenvalue weighted by molar-refractivity contribution is 5.69. The number of aliphatic hydroxyl groups excluding tert-OH is 4. The van der Waals surface area contributed by atoms with Gasteiger partial charge in [0.1, 0.15) is 24.4 Å². The fourth-order valence-corrected chi connectivity index (χ4v) is 3.69. The quantitative estimate of drug-likeness (QED) is 0.154. The molecule has 182 valence electrons. The molecule has 0 bridgehead atoms. The van der Waals surface area contributed by atoms with Crippen molar-refractivity contribution in [1.82, 2.24) is 0 Å². The maximum Gasteiger partial charge on any atom is 0.308 e. The lowest BCUT2D eigenvalue weighted by molar-refractivity contribution is -0.292. The molecule has 0 aromatic heterocycles. The van der Waals surface area contributed by atoms with E-state index in [1.165, 1.54) is 44.9 Å². The van der Waals surface area contributed by atoms with E-state index in [4.69, 9.17) is 14.6 Å². The van der Waals surface area contributed by atoms with Crippen molar-refractivity contribution in [1.29, 1.82) is 0 Å². The maximum atomic E-state index is 11.9. The number of esters is 1. The number of hydrogen-bond donors (Lipinski definition) is 4. The molecule has 0 unspecified atom stereocenters. The van der Waals surface area contributed by atoms with E-state index in [0.717, 1.165) is 32.1 Å². The van der Waals surface area contributed by atoms with Crippen molar-refractivity contribution < 1.29 is 34.7 Å². The van der Waals surface area contributed by atoms with E-state index in [9.17, 15) is 20.1 Å². The smallest absolute Gasteiger partial charge is 0.308 e. The predicted octanol–water partition coefficient (Wildman–Crippen LogP) is 3.37. The number of rotatable bonds is 17. The number of carbonyl (C=O) groups is 1. The van der Waals surface area contributed by atoms with E-state index < -0.39 is 43.3 Å². The van der Waals surface area contributed by atoms with E-state index in [1.807, 2.05) is 0 Å². The first-order valence-corrected chi connectivity index (χ1v) is 12.2. The molecular formula is C24H44O7. The van der Waals surface area contributed by atoms with E-state index in [-0.39, 0.29) is 6.42 Å². The number of carbonyl (C=O) groups excluding carboxylic acids is 1. The molecule has 1 aliphatic heterocycles. The van der Waals surface area contributed by atoms with E-state index in [1.54, 1.807) is 0 Å². The summed E-state index contributed by atoms with van der Waals surface area (Å²) in [4.78, 5) is 11.9. The molecule has 1 fully saturated rings. The van der Waals surface area contributed by atoms with Crippen LogP contribution in [0.15, 0.2) is 12.2 Å². The summed E-state index contributed by atoms with van der Waals surface area (Å²) in [6, 6.07) is 0. The second-order valence-corrected chi connectivity index (χ2v) is 8.52. The van der Waals surface area contributed by atoms with Gasteiger partial charge >= 0.3 is 5.97 Å². The van der Waals surface area contributed by atoms with E-state index >= 15 is 0 Å². The highest BCUT2D eigenvalue weighted by Crippen LogP contribution is 2.22. The van der Waals surface area contributed by atoms with Crippen LogP contribution in [-0.2, 0) is 14.3 Å². The SMILES string of the molecule is CCCCCCCC/C=C\CCCCCCCC(=O)O[C@@H]1O[C@H](CO)[C@@H](O)[C@H](O)[C@@H]1O. The molecule has 7 heteroatoms. The first-order valence-electron chi connectivity index (χ1n) is 12.2. The van der Waals surface area contributed by atoms with Crippen LogP contribution in [-0.4, -0.2) is 63.7 Å². The van der Waals surface area contributed by atoms with Crippen LogP contribution in [0.25, 0.3) is 0 Å². The van der Waals surface area contributed by atoms with Crippen molar-refractivity contribution in [2.45, 2.75) is 128 Å². The Labute approximate surface area is 187 Å². The number of ether oxygens (including phenoxy) is 2. The second-order valence-electron chi connectivity index (χ2n) is 8.52. The van der Waals surface area contributed by atoms with Gasteiger partial charge in [-0.1, -0.05) is 70.4 Å². The number of hydrogen-bond acceptors (Lipinski definition) is 7. The van der Waals surface area contributed by atoms with Crippen molar-refractivity contribution in [2.75, 3.05) is 6.61 Å². The van der Waals surface area contributed by atoms with Gasteiger partial charge in [-0.05, 0) is 32.1 Å². The van der Waals surface area contributed by atoms with Gasteiger partial charge in [-0.3, -0.25) is 4.79 Å². The minimum Gasteiger partial charge on any atom is -0.433 e.